The summed E-state index contributed by atoms with van der Waals surface area (Å²) >= 11 is 5.92. The summed E-state index contributed by atoms with van der Waals surface area (Å²) in [6.07, 6.45) is 3.59. The number of imidazole rings is 1. The number of aromatic nitrogens is 2. The van der Waals surface area contributed by atoms with Gasteiger partial charge < -0.3 is 9.67 Å². The number of hydrogen-bond donors (Lipinski definition) is 1. The normalized spacial score (nSPS) is 13.8. The molecule has 1 N–H and O–H groups in total. The van der Waals surface area contributed by atoms with Crippen molar-refractivity contribution in [3.63, 3.8) is 0 Å². The molecule has 0 aliphatic carbocycles. The molecule has 0 aliphatic rings. The van der Waals surface area contributed by atoms with E-state index in [-0.39, 0.29) is 0 Å². The standard InChI is InChI=1S/C18H17ClN2O/c1-18(22,15-7-9-16(19)10-8-15)17-20-11-12-21(17)13-14-5-3-2-4-6-14/h2-12,22H,13H2,1H3. The Kier molecular flexibility index (Phi) is 4.01. The van der Waals surface area contributed by atoms with E-state index in [1.165, 1.54) is 0 Å². The Morgan fingerprint density at radius 1 is 1.09 bits per heavy atom. The molecule has 2 aromatic carbocycles. The van der Waals surface area contributed by atoms with Gasteiger partial charge in [-0.2, -0.15) is 0 Å². The van der Waals surface area contributed by atoms with Crippen LogP contribution in [-0.4, -0.2) is 14.7 Å². The largest absolute Gasteiger partial charge is 0.377 e. The Bertz CT molecular complexity index is 748. The first-order valence-corrected chi connectivity index (χ1v) is 7.49. The summed E-state index contributed by atoms with van der Waals surface area (Å²) in [6.45, 7) is 2.42. The molecule has 3 aromatic rings. The van der Waals surface area contributed by atoms with Gasteiger partial charge in [-0.05, 0) is 30.2 Å². The van der Waals surface area contributed by atoms with E-state index in [1.807, 2.05) is 41.1 Å². The molecule has 22 heavy (non-hydrogen) atoms. The summed E-state index contributed by atoms with van der Waals surface area (Å²) in [5.74, 6) is 0.610. The molecule has 112 valence electrons. The third kappa shape index (κ3) is 2.91. The molecule has 0 saturated carbocycles. The van der Waals surface area contributed by atoms with Gasteiger partial charge in [0.05, 0.1) is 0 Å². The fraction of sp³-hybridized carbons (Fsp3) is 0.167. The van der Waals surface area contributed by atoms with Crippen LogP contribution in [-0.2, 0) is 12.1 Å². The van der Waals surface area contributed by atoms with Crippen LogP contribution in [0.4, 0.5) is 0 Å². The van der Waals surface area contributed by atoms with E-state index < -0.39 is 5.60 Å². The summed E-state index contributed by atoms with van der Waals surface area (Å²) in [5, 5.41) is 11.6. The SMILES string of the molecule is CC(O)(c1ccc(Cl)cc1)c1nccn1Cc1ccccc1. The Balaban J connectivity index is 1.95. The molecule has 0 radical (unpaired) electrons. The van der Waals surface area contributed by atoms with Gasteiger partial charge in [-0.15, -0.1) is 0 Å². The number of halogens is 1. The second kappa shape index (κ2) is 5.95. The van der Waals surface area contributed by atoms with Gasteiger partial charge in [0.1, 0.15) is 11.4 Å². The predicted molar refractivity (Wildman–Crippen MR) is 87.9 cm³/mol. The van der Waals surface area contributed by atoms with Crippen molar-refractivity contribution in [3.05, 3.63) is 89.0 Å². The van der Waals surface area contributed by atoms with Crippen LogP contribution in [0.15, 0.2) is 67.0 Å². The first kappa shape index (κ1) is 14.8. The molecule has 0 amide bonds. The van der Waals surface area contributed by atoms with E-state index in [4.69, 9.17) is 11.6 Å². The first-order chi connectivity index (χ1) is 10.6. The van der Waals surface area contributed by atoms with Crippen molar-refractivity contribution in [2.45, 2.75) is 19.1 Å². The molecular weight excluding hydrogens is 296 g/mol. The maximum absolute atomic E-state index is 11.0. The minimum absolute atomic E-state index is 0.610. The van der Waals surface area contributed by atoms with E-state index in [0.29, 0.717) is 17.4 Å². The zero-order chi connectivity index (χ0) is 15.6. The molecule has 1 aromatic heterocycles. The Morgan fingerprint density at radius 3 is 2.45 bits per heavy atom. The smallest absolute Gasteiger partial charge is 0.145 e. The Hall–Kier alpha value is -2.10. The van der Waals surface area contributed by atoms with Crippen LogP contribution in [0, 0.1) is 0 Å². The van der Waals surface area contributed by atoms with Gasteiger partial charge in [0, 0.05) is 24.0 Å². The Labute approximate surface area is 134 Å². The van der Waals surface area contributed by atoms with Crippen molar-refractivity contribution >= 4 is 11.6 Å². The fourth-order valence-electron chi connectivity index (χ4n) is 2.55. The Morgan fingerprint density at radius 2 is 1.77 bits per heavy atom. The number of hydrogen-bond acceptors (Lipinski definition) is 2. The molecule has 4 heteroatoms. The summed E-state index contributed by atoms with van der Waals surface area (Å²) in [6, 6.07) is 17.3. The molecule has 1 unspecified atom stereocenters. The molecule has 0 fully saturated rings. The van der Waals surface area contributed by atoms with Gasteiger partial charge in [0.2, 0.25) is 0 Å². The van der Waals surface area contributed by atoms with Gasteiger partial charge in [-0.1, -0.05) is 54.1 Å². The first-order valence-electron chi connectivity index (χ1n) is 7.11. The van der Waals surface area contributed by atoms with E-state index in [0.717, 1.165) is 11.1 Å². The number of aliphatic hydroxyl groups is 1. The van der Waals surface area contributed by atoms with Crippen LogP contribution in [0.3, 0.4) is 0 Å². The quantitative estimate of drug-likeness (QED) is 0.795. The highest BCUT2D eigenvalue weighted by atomic mass is 35.5. The van der Waals surface area contributed by atoms with Crippen molar-refractivity contribution in [1.29, 1.82) is 0 Å². The van der Waals surface area contributed by atoms with Gasteiger partial charge in [-0.25, -0.2) is 4.98 Å². The molecule has 0 bridgehead atoms. The predicted octanol–water partition coefficient (Wildman–Crippen LogP) is 3.84. The zero-order valence-corrected chi connectivity index (χ0v) is 13.0. The highest BCUT2D eigenvalue weighted by molar-refractivity contribution is 6.30. The number of rotatable bonds is 4. The van der Waals surface area contributed by atoms with Crippen molar-refractivity contribution in [2.24, 2.45) is 0 Å². The minimum Gasteiger partial charge on any atom is -0.377 e. The molecule has 1 atom stereocenters. The highest BCUT2D eigenvalue weighted by Gasteiger charge is 2.30. The third-order valence-electron chi connectivity index (χ3n) is 3.75. The third-order valence-corrected chi connectivity index (χ3v) is 4.00. The van der Waals surface area contributed by atoms with Crippen molar-refractivity contribution in [3.8, 4) is 0 Å². The summed E-state index contributed by atoms with van der Waals surface area (Å²) in [5.41, 5.74) is 0.745. The fourth-order valence-corrected chi connectivity index (χ4v) is 2.67. The average Bonchev–Trinajstić information content (AvgIpc) is 2.98. The van der Waals surface area contributed by atoms with Crippen LogP contribution >= 0.6 is 11.6 Å². The second-order valence-corrected chi connectivity index (χ2v) is 5.88. The monoisotopic (exact) mass is 312 g/mol. The molecule has 0 saturated heterocycles. The number of benzene rings is 2. The highest BCUT2D eigenvalue weighted by Crippen LogP contribution is 2.29. The lowest BCUT2D eigenvalue weighted by Crippen LogP contribution is -2.27. The molecule has 0 spiro atoms. The molecular formula is C18H17ClN2O. The lowest BCUT2D eigenvalue weighted by Gasteiger charge is -2.24. The van der Waals surface area contributed by atoms with E-state index in [1.54, 1.807) is 25.3 Å². The van der Waals surface area contributed by atoms with E-state index in [9.17, 15) is 5.11 Å². The second-order valence-electron chi connectivity index (χ2n) is 5.44. The van der Waals surface area contributed by atoms with Crippen molar-refractivity contribution in [1.82, 2.24) is 9.55 Å². The van der Waals surface area contributed by atoms with Crippen LogP contribution in [0.5, 0.6) is 0 Å². The van der Waals surface area contributed by atoms with Gasteiger partial charge >= 0.3 is 0 Å². The van der Waals surface area contributed by atoms with Crippen LogP contribution in [0.2, 0.25) is 5.02 Å². The summed E-state index contributed by atoms with van der Waals surface area (Å²) < 4.78 is 1.96. The molecule has 1 heterocycles. The molecule has 3 rings (SSSR count). The van der Waals surface area contributed by atoms with Crippen molar-refractivity contribution < 1.29 is 5.11 Å². The minimum atomic E-state index is -1.18. The van der Waals surface area contributed by atoms with Crippen LogP contribution < -0.4 is 0 Å². The van der Waals surface area contributed by atoms with Crippen LogP contribution in [0.25, 0.3) is 0 Å². The lowest BCUT2D eigenvalue weighted by atomic mass is 9.95. The maximum Gasteiger partial charge on any atom is 0.145 e. The van der Waals surface area contributed by atoms with E-state index in [2.05, 4.69) is 17.1 Å². The average molecular weight is 313 g/mol. The summed E-state index contributed by atoms with van der Waals surface area (Å²) in [7, 11) is 0. The molecule has 0 aliphatic heterocycles. The van der Waals surface area contributed by atoms with Gasteiger partial charge in [0.25, 0.3) is 0 Å². The molecule has 3 nitrogen and oxygen atoms in total. The van der Waals surface area contributed by atoms with Gasteiger partial charge in [-0.3, -0.25) is 0 Å². The maximum atomic E-state index is 11.0. The van der Waals surface area contributed by atoms with Crippen molar-refractivity contribution in [2.75, 3.05) is 0 Å². The van der Waals surface area contributed by atoms with Crippen LogP contribution in [0.1, 0.15) is 23.9 Å². The zero-order valence-electron chi connectivity index (χ0n) is 12.3. The number of nitrogens with zero attached hydrogens (tertiary/aromatic N) is 2. The summed E-state index contributed by atoms with van der Waals surface area (Å²) in [4.78, 5) is 4.36. The topological polar surface area (TPSA) is 38.1 Å². The lowest BCUT2D eigenvalue weighted by molar-refractivity contribution is 0.0885. The van der Waals surface area contributed by atoms with Gasteiger partial charge in [0.15, 0.2) is 0 Å². The van der Waals surface area contributed by atoms with E-state index >= 15 is 0 Å².